The second-order valence-electron chi connectivity index (χ2n) is 5.52. The molecule has 0 saturated carbocycles. The Morgan fingerprint density at radius 2 is 2.00 bits per heavy atom. The number of hydrogen-bond donors (Lipinski definition) is 2. The van der Waals surface area contributed by atoms with Crippen LogP contribution in [0.2, 0.25) is 0 Å². The summed E-state index contributed by atoms with van der Waals surface area (Å²) in [5.41, 5.74) is 2.38. The normalized spacial score (nSPS) is 10.6. The average molecular weight is 363 g/mol. The number of anilines is 2. The van der Waals surface area contributed by atoms with E-state index in [2.05, 4.69) is 36.8 Å². The van der Waals surface area contributed by atoms with Gasteiger partial charge in [0.25, 0.3) is 5.91 Å². The van der Waals surface area contributed by atoms with Gasteiger partial charge in [-0.3, -0.25) is 4.79 Å². The molecule has 2 aromatic rings. The van der Waals surface area contributed by atoms with E-state index >= 15 is 0 Å². The van der Waals surface area contributed by atoms with Crippen molar-refractivity contribution in [3.63, 3.8) is 0 Å². The van der Waals surface area contributed by atoms with E-state index in [0.717, 1.165) is 10.2 Å². The summed E-state index contributed by atoms with van der Waals surface area (Å²) < 4.78 is 0.952. The highest BCUT2D eigenvalue weighted by molar-refractivity contribution is 9.10. The van der Waals surface area contributed by atoms with Crippen molar-refractivity contribution >= 4 is 33.3 Å². The van der Waals surface area contributed by atoms with Crippen molar-refractivity contribution in [1.82, 2.24) is 15.5 Å². The molecule has 0 atom stereocenters. The molecule has 22 heavy (non-hydrogen) atoms. The highest BCUT2D eigenvalue weighted by Crippen LogP contribution is 2.25. The first-order valence-electron chi connectivity index (χ1n) is 7.11. The van der Waals surface area contributed by atoms with E-state index in [1.807, 2.05) is 39.0 Å². The van der Waals surface area contributed by atoms with Crippen LogP contribution >= 0.6 is 15.9 Å². The Bertz CT molecular complexity index is 656. The first kappa shape index (κ1) is 16.4. The molecule has 1 aromatic heterocycles. The second kappa shape index (κ2) is 7.35. The number of aromatic nitrogens is 2. The molecule has 1 amide bonds. The standard InChI is InChI=1S/C16H19BrN4O/c1-10(2)9-18-16(22)14-6-7-15(21-20-14)19-13-5-4-11(3)8-12(13)17/h4-8,10H,9H2,1-3H3,(H,18,22)(H,19,21). The molecular weight excluding hydrogens is 344 g/mol. The third kappa shape index (κ3) is 4.53. The summed E-state index contributed by atoms with van der Waals surface area (Å²) in [6, 6.07) is 9.39. The summed E-state index contributed by atoms with van der Waals surface area (Å²) in [7, 11) is 0. The Hall–Kier alpha value is -1.95. The number of hydrogen-bond acceptors (Lipinski definition) is 4. The van der Waals surface area contributed by atoms with E-state index in [0.29, 0.717) is 24.0 Å². The van der Waals surface area contributed by atoms with Crippen LogP contribution in [0.3, 0.4) is 0 Å². The molecule has 0 aliphatic rings. The quantitative estimate of drug-likeness (QED) is 0.851. The molecule has 5 nitrogen and oxygen atoms in total. The maximum atomic E-state index is 11.9. The van der Waals surface area contributed by atoms with Crippen LogP contribution in [0.15, 0.2) is 34.8 Å². The van der Waals surface area contributed by atoms with Gasteiger partial charge in [-0.15, -0.1) is 10.2 Å². The van der Waals surface area contributed by atoms with Crippen molar-refractivity contribution in [1.29, 1.82) is 0 Å². The fourth-order valence-electron chi connectivity index (χ4n) is 1.77. The predicted octanol–water partition coefficient (Wildman–Crippen LogP) is 3.68. The van der Waals surface area contributed by atoms with Gasteiger partial charge in [-0.2, -0.15) is 0 Å². The molecule has 0 bridgehead atoms. The van der Waals surface area contributed by atoms with Crippen LogP contribution in [0.25, 0.3) is 0 Å². The van der Waals surface area contributed by atoms with E-state index in [4.69, 9.17) is 0 Å². The Balaban J connectivity index is 2.04. The fourth-order valence-corrected chi connectivity index (χ4v) is 2.36. The second-order valence-corrected chi connectivity index (χ2v) is 6.37. The minimum absolute atomic E-state index is 0.204. The molecular formula is C16H19BrN4O. The van der Waals surface area contributed by atoms with Gasteiger partial charge in [0.2, 0.25) is 0 Å². The van der Waals surface area contributed by atoms with Crippen LogP contribution in [0.5, 0.6) is 0 Å². The van der Waals surface area contributed by atoms with Gasteiger partial charge in [-0.05, 0) is 58.6 Å². The first-order chi connectivity index (χ1) is 10.5. The maximum Gasteiger partial charge on any atom is 0.271 e. The number of carbonyl (C=O) groups excluding carboxylic acids is 1. The number of carbonyl (C=O) groups is 1. The number of aryl methyl sites for hydroxylation is 1. The summed E-state index contributed by atoms with van der Waals surface area (Å²) in [4.78, 5) is 11.9. The van der Waals surface area contributed by atoms with Gasteiger partial charge in [-0.1, -0.05) is 19.9 Å². The highest BCUT2D eigenvalue weighted by Gasteiger charge is 2.09. The zero-order valence-corrected chi connectivity index (χ0v) is 14.4. The predicted molar refractivity (Wildman–Crippen MR) is 91.4 cm³/mol. The van der Waals surface area contributed by atoms with Crippen molar-refractivity contribution in [3.05, 3.63) is 46.1 Å². The van der Waals surface area contributed by atoms with Gasteiger partial charge in [-0.25, -0.2) is 0 Å². The number of nitrogens with zero attached hydrogens (tertiary/aromatic N) is 2. The fraction of sp³-hybridized carbons (Fsp3) is 0.312. The molecule has 1 aromatic carbocycles. The van der Waals surface area contributed by atoms with Crippen LogP contribution in [0, 0.1) is 12.8 Å². The number of nitrogens with one attached hydrogen (secondary N) is 2. The van der Waals surface area contributed by atoms with Crippen LogP contribution in [-0.4, -0.2) is 22.6 Å². The number of amides is 1. The van der Waals surface area contributed by atoms with Gasteiger partial charge in [0.05, 0.1) is 5.69 Å². The third-order valence-corrected chi connectivity index (χ3v) is 3.61. The first-order valence-corrected chi connectivity index (χ1v) is 7.90. The zero-order chi connectivity index (χ0) is 16.1. The van der Waals surface area contributed by atoms with Crippen LogP contribution in [0.4, 0.5) is 11.5 Å². The summed E-state index contributed by atoms with van der Waals surface area (Å²) in [5.74, 6) is 0.783. The Morgan fingerprint density at radius 3 is 2.59 bits per heavy atom. The van der Waals surface area contributed by atoms with Crippen LogP contribution < -0.4 is 10.6 Å². The summed E-state index contributed by atoms with van der Waals surface area (Å²) >= 11 is 3.50. The SMILES string of the molecule is Cc1ccc(Nc2ccc(C(=O)NCC(C)C)nn2)c(Br)c1. The Labute approximate surface area is 138 Å². The van der Waals surface area contributed by atoms with E-state index < -0.39 is 0 Å². The minimum atomic E-state index is -0.204. The number of benzene rings is 1. The number of halogens is 1. The maximum absolute atomic E-state index is 11.9. The lowest BCUT2D eigenvalue weighted by molar-refractivity contribution is 0.0943. The van der Waals surface area contributed by atoms with Crippen molar-refractivity contribution in [2.75, 3.05) is 11.9 Å². The molecule has 0 spiro atoms. The van der Waals surface area contributed by atoms with Gasteiger partial charge in [0.1, 0.15) is 0 Å². The summed E-state index contributed by atoms with van der Waals surface area (Å²) in [5, 5.41) is 14.0. The summed E-state index contributed by atoms with van der Waals surface area (Å²) in [6.45, 7) is 6.73. The molecule has 2 N–H and O–H groups in total. The molecule has 0 aliphatic carbocycles. The number of rotatable bonds is 5. The monoisotopic (exact) mass is 362 g/mol. The molecule has 0 fully saturated rings. The van der Waals surface area contributed by atoms with E-state index in [1.165, 1.54) is 5.56 Å². The molecule has 0 aliphatic heterocycles. The van der Waals surface area contributed by atoms with Crippen molar-refractivity contribution < 1.29 is 4.79 Å². The lowest BCUT2D eigenvalue weighted by Crippen LogP contribution is -2.28. The van der Waals surface area contributed by atoms with Crippen LogP contribution in [-0.2, 0) is 0 Å². The van der Waals surface area contributed by atoms with E-state index in [9.17, 15) is 4.79 Å². The molecule has 116 valence electrons. The highest BCUT2D eigenvalue weighted by atomic mass is 79.9. The van der Waals surface area contributed by atoms with Gasteiger partial charge >= 0.3 is 0 Å². The smallest absolute Gasteiger partial charge is 0.271 e. The lowest BCUT2D eigenvalue weighted by atomic mass is 10.2. The lowest BCUT2D eigenvalue weighted by Gasteiger charge is -2.09. The molecule has 2 rings (SSSR count). The van der Waals surface area contributed by atoms with E-state index in [-0.39, 0.29) is 5.91 Å². The zero-order valence-electron chi connectivity index (χ0n) is 12.9. The average Bonchev–Trinajstić information content (AvgIpc) is 2.48. The molecule has 0 unspecified atom stereocenters. The van der Waals surface area contributed by atoms with Crippen molar-refractivity contribution in [2.24, 2.45) is 5.92 Å². The van der Waals surface area contributed by atoms with Crippen molar-refractivity contribution in [3.8, 4) is 0 Å². The van der Waals surface area contributed by atoms with Crippen molar-refractivity contribution in [2.45, 2.75) is 20.8 Å². The Kier molecular flexibility index (Phi) is 5.49. The largest absolute Gasteiger partial charge is 0.350 e. The van der Waals surface area contributed by atoms with Crippen LogP contribution in [0.1, 0.15) is 29.9 Å². The van der Waals surface area contributed by atoms with E-state index in [1.54, 1.807) is 12.1 Å². The molecule has 1 heterocycles. The Morgan fingerprint density at radius 1 is 1.23 bits per heavy atom. The van der Waals surface area contributed by atoms with Gasteiger partial charge < -0.3 is 10.6 Å². The van der Waals surface area contributed by atoms with Gasteiger partial charge in [0, 0.05) is 11.0 Å². The van der Waals surface area contributed by atoms with Gasteiger partial charge in [0.15, 0.2) is 11.5 Å². The molecule has 6 heteroatoms. The molecule has 0 saturated heterocycles. The summed E-state index contributed by atoms with van der Waals surface area (Å²) in [6.07, 6.45) is 0. The third-order valence-electron chi connectivity index (χ3n) is 2.96. The minimum Gasteiger partial charge on any atom is -0.350 e. The molecule has 0 radical (unpaired) electrons. The topological polar surface area (TPSA) is 66.9 Å².